The molecule has 138 valence electrons. The maximum atomic E-state index is 12.4. The van der Waals surface area contributed by atoms with Gasteiger partial charge < -0.3 is 24.4 Å². The molecule has 0 unspecified atom stereocenters. The summed E-state index contributed by atoms with van der Waals surface area (Å²) in [7, 11) is 4.69. The number of methoxy groups -OCH3 is 3. The van der Waals surface area contributed by atoms with Crippen LogP contribution >= 0.6 is 0 Å². The third-order valence-electron chi connectivity index (χ3n) is 5.13. The van der Waals surface area contributed by atoms with Crippen molar-refractivity contribution in [2.45, 2.75) is 38.1 Å². The van der Waals surface area contributed by atoms with Crippen LogP contribution in [-0.2, 0) is 4.79 Å². The van der Waals surface area contributed by atoms with E-state index in [-0.39, 0.29) is 5.91 Å². The highest BCUT2D eigenvalue weighted by molar-refractivity contribution is 5.91. The van der Waals surface area contributed by atoms with Crippen LogP contribution in [0.3, 0.4) is 0 Å². The number of likely N-dealkylation sites (tertiary alicyclic amines) is 1. The van der Waals surface area contributed by atoms with Crippen molar-refractivity contribution in [3.63, 3.8) is 0 Å². The maximum Gasteiger partial charge on any atom is 0.224 e. The van der Waals surface area contributed by atoms with E-state index in [0.29, 0.717) is 35.3 Å². The Morgan fingerprint density at radius 3 is 2.12 bits per heavy atom. The SMILES string of the molecule is COc1cc(NC(=O)CC2CCN(C3CC3)CC2)cc(OC)c1OC. The number of carbonyl (C=O) groups excluding carboxylic acids is 1. The first kappa shape index (κ1) is 17.9. The van der Waals surface area contributed by atoms with Crippen molar-refractivity contribution in [3.05, 3.63) is 12.1 Å². The number of hydrogen-bond acceptors (Lipinski definition) is 5. The smallest absolute Gasteiger partial charge is 0.224 e. The first-order chi connectivity index (χ1) is 12.1. The van der Waals surface area contributed by atoms with Crippen molar-refractivity contribution < 1.29 is 19.0 Å². The Bertz CT molecular complexity index is 582. The zero-order valence-corrected chi connectivity index (χ0v) is 15.3. The van der Waals surface area contributed by atoms with Gasteiger partial charge in [-0.3, -0.25) is 4.79 Å². The Balaban J connectivity index is 1.57. The predicted octanol–water partition coefficient (Wildman–Crippen LogP) is 2.92. The number of amides is 1. The molecule has 0 bridgehead atoms. The number of anilines is 1. The van der Waals surface area contributed by atoms with Gasteiger partial charge in [-0.2, -0.15) is 0 Å². The van der Waals surface area contributed by atoms with E-state index in [1.165, 1.54) is 12.8 Å². The van der Waals surface area contributed by atoms with Gasteiger partial charge in [0.1, 0.15) is 0 Å². The van der Waals surface area contributed by atoms with Crippen molar-refractivity contribution in [2.24, 2.45) is 5.92 Å². The normalized spacial score (nSPS) is 18.7. The third kappa shape index (κ3) is 4.37. The van der Waals surface area contributed by atoms with E-state index in [0.717, 1.165) is 32.0 Å². The number of carbonyl (C=O) groups is 1. The largest absolute Gasteiger partial charge is 0.493 e. The molecule has 1 aliphatic carbocycles. The van der Waals surface area contributed by atoms with Gasteiger partial charge in [0.15, 0.2) is 11.5 Å². The highest BCUT2D eigenvalue weighted by Crippen LogP contribution is 2.40. The Hall–Kier alpha value is -1.95. The fourth-order valence-electron chi connectivity index (χ4n) is 3.59. The van der Waals surface area contributed by atoms with Crippen LogP contribution in [-0.4, -0.2) is 51.3 Å². The molecule has 0 atom stereocenters. The molecule has 1 saturated heterocycles. The fourth-order valence-corrected chi connectivity index (χ4v) is 3.59. The van der Waals surface area contributed by atoms with Crippen molar-refractivity contribution in [2.75, 3.05) is 39.7 Å². The Morgan fingerprint density at radius 1 is 1.04 bits per heavy atom. The quantitative estimate of drug-likeness (QED) is 0.821. The molecule has 2 aliphatic rings. The van der Waals surface area contributed by atoms with Gasteiger partial charge in [0.2, 0.25) is 11.7 Å². The minimum absolute atomic E-state index is 0.0409. The molecule has 1 aromatic rings. The summed E-state index contributed by atoms with van der Waals surface area (Å²) in [6.07, 6.45) is 5.49. The van der Waals surface area contributed by atoms with Crippen molar-refractivity contribution in [1.29, 1.82) is 0 Å². The second kappa shape index (κ2) is 7.95. The second-order valence-electron chi connectivity index (χ2n) is 6.88. The standard InChI is InChI=1S/C19H28N2O4/c1-23-16-11-14(12-17(24-2)19(16)25-3)20-18(22)10-13-6-8-21(9-7-13)15-4-5-15/h11-13,15H,4-10H2,1-3H3,(H,20,22). The average Bonchev–Trinajstić information content (AvgIpc) is 3.46. The summed E-state index contributed by atoms with van der Waals surface area (Å²) in [5.41, 5.74) is 0.662. The molecule has 0 spiro atoms. The lowest BCUT2D eigenvalue weighted by atomic mass is 9.93. The Kier molecular flexibility index (Phi) is 5.68. The molecule has 0 radical (unpaired) electrons. The molecule has 1 aliphatic heterocycles. The summed E-state index contributed by atoms with van der Waals surface area (Å²) in [4.78, 5) is 15.0. The van der Waals surface area contributed by atoms with Gasteiger partial charge in [-0.1, -0.05) is 0 Å². The van der Waals surface area contributed by atoms with Crippen molar-refractivity contribution in [1.82, 2.24) is 4.90 Å². The van der Waals surface area contributed by atoms with Gasteiger partial charge in [0.25, 0.3) is 0 Å². The molecule has 2 fully saturated rings. The Labute approximate surface area is 149 Å². The number of nitrogens with zero attached hydrogens (tertiary/aromatic N) is 1. The summed E-state index contributed by atoms with van der Waals surface area (Å²) in [5, 5.41) is 2.97. The van der Waals surface area contributed by atoms with Gasteiger partial charge in [-0.15, -0.1) is 0 Å². The van der Waals surface area contributed by atoms with Gasteiger partial charge >= 0.3 is 0 Å². The minimum Gasteiger partial charge on any atom is -0.493 e. The van der Waals surface area contributed by atoms with Crippen LogP contribution in [0.15, 0.2) is 12.1 Å². The molecular formula is C19H28N2O4. The molecule has 6 nitrogen and oxygen atoms in total. The third-order valence-corrected chi connectivity index (χ3v) is 5.13. The number of piperidine rings is 1. The molecule has 1 N–H and O–H groups in total. The van der Waals surface area contributed by atoms with Gasteiger partial charge in [-0.25, -0.2) is 0 Å². The number of ether oxygens (including phenoxy) is 3. The van der Waals surface area contributed by atoms with E-state index in [1.807, 2.05) is 0 Å². The van der Waals surface area contributed by atoms with E-state index in [9.17, 15) is 4.79 Å². The van der Waals surface area contributed by atoms with Crippen LogP contribution in [0.4, 0.5) is 5.69 Å². The number of rotatable bonds is 7. The van der Waals surface area contributed by atoms with E-state index in [4.69, 9.17) is 14.2 Å². The molecular weight excluding hydrogens is 320 g/mol. The minimum atomic E-state index is 0.0409. The zero-order chi connectivity index (χ0) is 17.8. The van der Waals surface area contributed by atoms with E-state index >= 15 is 0 Å². The molecule has 3 rings (SSSR count). The molecule has 1 aromatic carbocycles. The number of benzene rings is 1. The highest BCUT2D eigenvalue weighted by Gasteiger charge is 2.32. The summed E-state index contributed by atoms with van der Waals surface area (Å²) in [6.45, 7) is 2.26. The zero-order valence-electron chi connectivity index (χ0n) is 15.3. The van der Waals surface area contributed by atoms with Crippen LogP contribution in [0.1, 0.15) is 32.1 Å². The number of nitrogens with one attached hydrogen (secondary N) is 1. The summed E-state index contributed by atoms with van der Waals surface area (Å²) in [5.74, 6) is 2.11. The first-order valence-corrected chi connectivity index (χ1v) is 8.98. The van der Waals surface area contributed by atoms with E-state index in [2.05, 4.69) is 10.2 Å². The second-order valence-corrected chi connectivity index (χ2v) is 6.88. The van der Waals surface area contributed by atoms with E-state index < -0.39 is 0 Å². The molecule has 1 heterocycles. The lowest BCUT2D eigenvalue weighted by Gasteiger charge is -2.31. The van der Waals surface area contributed by atoms with Gasteiger partial charge in [0, 0.05) is 30.3 Å². The first-order valence-electron chi connectivity index (χ1n) is 8.98. The van der Waals surface area contributed by atoms with Gasteiger partial charge in [-0.05, 0) is 44.7 Å². The molecule has 25 heavy (non-hydrogen) atoms. The monoisotopic (exact) mass is 348 g/mol. The van der Waals surface area contributed by atoms with Crippen molar-refractivity contribution in [3.8, 4) is 17.2 Å². The van der Waals surface area contributed by atoms with E-state index in [1.54, 1.807) is 33.5 Å². The Morgan fingerprint density at radius 2 is 1.64 bits per heavy atom. The summed E-state index contributed by atoms with van der Waals surface area (Å²) < 4.78 is 16.0. The van der Waals surface area contributed by atoms with Crippen LogP contribution in [0, 0.1) is 5.92 Å². The van der Waals surface area contributed by atoms with Crippen LogP contribution in [0.5, 0.6) is 17.2 Å². The molecule has 1 amide bonds. The predicted molar refractivity (Wildman–Crippen MR) is 96.7 cm³/mol. The van der Waals surface area contributed by atoms with Crippen LogP contribution in [0.25, 0.3) is 0 Å². The fraction of sp³-hybridized carbons (Fsp3) is 0.632. The van der Waals surface area contributed by atoms with Crippen molar-refractivity contribution >= 4 is 11.6 Å². The molecule has 6 heteroatoms. The summed E-state index contributed by atoms with van der Waals surface area (Å²) in [6, 6.07) is 4.35. The lowest BCUT2D eigenvalue weighted by Crippen LogP contribution is -2.36. The summed E-state index contributed by atoms with van der Waals surface area (Å²) >= 11 is 0. The molecule has 0 aromatic heterocycles. The number of hydrogen-bond donors (Lipinski definition) is 1. The topological polar surface area (TPSA) is 60.0 Å². The van der Waals surface area contributed by atoms with Gasteiger partial charge in [0.05, 0.1) is 21.3 Å². The molecule has 1 saturated carbocycles. The highest BCUT2D eigenvalue weighted by atomic mass is 16.5. The van der Waals surface area contributed by atoms with Crippen LogP contribution in [0.2, 0.25) is 0 Å². The lowest BCUT2D eigenvalue weighted by molar-refractivity contribution is -0.117. The van der Waals surface area contributed by atoms with Crippen LogP contribution < -0.4 is 19.5 Å². The average molecular weight is 348 g/mol. The maximum absolute atomic E-state index is 12.4.